The number of carbonyl (C=O) groups excluding carboxylic acids is 2. The first-order valence-corrected chi connectivity index (χ1v) is 12.0. The van der Waals surface area contributed by atoms with E-state index in [1.807, 2.05) is 12.1 Å². The van der Waals surface area contributed by atoms with Crippen molar-refractivity contribution >= 4 is 40.6 Å². The first-order chi connectivity index (χ1) is 16.1. The van der Waals surface area contributed by atoms with Gasteiger partial charge in [-0.15, -0.1) is 5.10 Å². The third kappa shape index (κ3) is 6.32. The SMILES string of the molecule is Cn1nnnc1SCC(=O)Nc1ccc(C(=O)Nc2ccc(N3CCCCCC3)cc2)cc1. The lowest BCUT2D eigenvalue weighted by atomic mass is 10.2. The van der Waals surface area contributed by atoms with Crippen LogP contribution in [-0.4, -0.2) is 50.9 Å². The number of rotatable bonds is 7. The Bertz CT molecular complexity index is 1070. The van der Waals surface area contributed by atoms with Gasteiger partial charge in [0.25, 0.3) is 5.91 Å². The fourth-order valence-corrected chi connectivity index (χ4v) is 4.31. The highest BCUT2D eigenvalue weighted by molar-refractivity contribution is 7.99. The molecule has 0 spiro atoms. The number of anilines is 3. The molecule has 10 heteroatoms. The third-order valence-electron chi connectivity index (χ3n) is 5.44. The number of thioether (sulfide) groups is 1. The highest BCUT2D eigenvalue weighted by atomic mass is 32.2. The number of nitrogens with zero attached hydrogens (tertiary/aromatic N) is 5. The minimum atomic E-state index is -0.194. The normalized spacial score (nSPS) is 13.9. The second kappa shape index (κ2) is 11.0. The molecule has 33 heavy (non-hydrogen) atoms. The molecule has 1 aliphatic heterocycles. The van der Waals surface area contributed by atoms with Crippen LogP contribution in [0.15, 0.2) is 53.7 Å². The average molecular weight is 466 g/mol. The van der Waals surface area contributed by atoms with Crippen LogP contribution >= 0.6 is 11.8 Å². The van der Waals surface area contributed by atoms with Gasteiger partial charge in [-0.25, -0.2) is 4.68 Å². The van der Waals surface area contributed by atoms with Crippen LogP contribution in [0.5, 0.6) is 0 Å². The lowest BCUT2D eigenvalue weighted by Crippen LogP contribution is -2.23. The molecule has 4 rings (SSSR count). The van der Waals surface area contributed by atoms with E-state index in [4.69, 9.17) is 0 Å². The van der Waals surface area contributed by atoms with Crippen LogP contribution in [-0.2, 0) is 11.8 Å². The Hall–Kier alpha value is -3.40. The van der Waals surface area contributed by atoms with Crippen molar-refractivity contribution in [2.75, 3.05) is 34.4 Å². The number of nitrogens with one attached hydrogen (secondary N) is 2. The zero-order chi connectivity index (χ0) is 23.0. The molecule has 2 N–H and O–H groups in total. The van der Waals surface area contributed by atoms with Gasteiger partial charge in [0.1, 0.15) is 0 Å². The van der Waals surface area contributed by atoms with Crippen LogP contribution < -0.4 is 15.5 Å². The topological polar surface area (TPSA) is 105 Å². The van der Waals surface area contributed by atoms with Gasteiger partial charge in [-0.3, -0.25) is 9.59 Å². The fourth-order valence-electron chi connectivity index (χ4n) is 3.66. The van der Waals surface area contributed by atoms with Crippen molar-refractivity contribution in [3.05, 3.63) is 54.1 Å². The summed E-state index contributed by atoms with van der Waals surface area (Å²) in [6, 6.07) is 14.8. The summed E-state index contributed by atoms with van der Waals surface area (Å²) >= 11 is 1.25. The maximum absolute atomic E-state index is 12.6. The second-order valence-corrected chi connectivity index (χ2v) is 8.84. The third-order valence-corrected chi connectivity index (χ3v) is 6.45. The molecular formula is C23H27N7O2S. The molecule has 3 aromatic rings. The minimum absolute atomic E-state index is 0.176. The van der Waals surface area contributed by atoms with Crippen molar-refractivity contribution in [1.82, 2.24) is 20.2 Å². The largest absolute Gasteiger partial charge is 0.372 e. The molecule has 1 aliphatic rings. The van der Waals surface area contributed by atoms with E-state index in [9.17, 15) is 9.59 Å². The number of carbonyl (C=O) groups is 2. The number of amides is 2. The van der Waals surface area contributed by atoms with Crippen molar-refractivity contribution in [3.8, 4) is 0 Å². The van der Waals surface area contributed by atoms with Gasteiger partial charge in [0, 0.05) is 42.8 Å². The maximum Gasteiger partial charge on any atom is 0.255 e. The zero-order valence-electron chi connectivity index (χ0n) is 18.5. The molecule has 1 aromatic heterocycles. The summed E-state index contributed by atoms with van der Waals surface area (Å²) < 4.78 is 1.51. The van der Waals surface area contributed by atoms with Gasteiger partial charge in [-0.2, -0.15) is 0 Å². The first-order valence-electron chi connectivity index (χ1n) is 11.0. The van der Waals surface area contributed by atoms with Gasteiger partial charge in [-0.1, -0.05) is 24.6 Å². The number of hydrogen-bond acceptors (Lipinski definition) is 7. The Kier molecular flexibility index (Phi) is 7.56. The number of aryl methyl sites for hydroxylation is 1. The molecule has 1 saturated heterocycles. The van der Waals surface area contributed by atoms with Crippen molar-refractivity contribution in [2.45, 2.75) is 30.8 Å². The van der Waals surface area contributed by atoms with E-state index in [0.29, 0.717) is 16.4 Å². The van der Waals surface area contributed by atoms with Crippen molar-refractivity contribution in [1.29, 1.82) is 0 Å². The van der Waals surface area contributed by atoms with Crippen LogP contribution in [0.4, 0.5) is 17.1 Å². The predicted octanol–water partition coefficient (Wildman–Crippen LogP) is 3.57. The summed E-state index contributed by atoms with van der Waals surface area (Å²) in [5.74, 6) is -0.186. The predicted molar refractivity (Wildman–Crippen MR) is 130 cm³/mol. The molecular weight excluding hydrogens is 438 g/mol. The molecule has 2 heterocycles. The monoisotopic (exact) mass is 465 g/mol. The summed E-state index contributed by atoms with van der Waals surface area (Å²) in [6.45, 7) is 2.18. The zero-order valence-corrected chi connectivity index (χ0v) is 19.3. The molecule has 172 valence electrons. The Morgan fingerprint density at radius 1 is 0.909 bits per heavy atom. The highest BCUT2D eigenvalue weighted by Gasteiger charge is 2.12. The smallest absolute Gasteiger partial charge is 0.255 e. The summed E-state index contributed by atoms with van der Waals surface area (Å²) in [4.78, 5) is 27.2. The van der Waals surface area contributed by atoms with Crippen LogP contribution in [0.1, 0.15) is 36.0 Å². The number of aromatic nitrogens is 4. The van der Waals surface area contributed by atoms with E-state index in [1.165, 1.54) is 47.8 Å². The van der Waals surface area contributed by atoms with Gasteiger partial charge >= 0.3 is 0 Å². The Balaban J connectivity index is 1.28. The van der Waals surface area contributed by atoms with Gasteiger partial charge < -0.3 is 15.5 Å². The Morgan fingerprint density at radius 2 is 1.55 bits per heavy atom. The minimum Gasteiger partial charge on any atom is -0.372 e. The van der Waals surface area contributed by atoms with Gasteiger partial charge in [0.05, 0.1) is 5.75 Å². The summed E-state index contributed by atoms with van der Waals surface area (Å²) in [5.41, 5.74) is 3.09. The van der Waals surface area contributed by atoms with E-state index in [-0.39, 0.29) is 17.6 Å². The number of hydrogen-bond donors (Lipinski definition) is 2. The van der Waals surface area contributed by atoms with Crippen LogP contribution in [0, 0.1) is 0 Å². The van der Waals surface area contributed by atoms with E-state index >= 15 is 0 Å². The van der Waals surface area contributed by atoms with Gasteiger partial charge in [-0.05, 0) is 71.8 Å². The van der Waals surface area contributed by atoms with Crippen molar-refractivity contribution < 1.29 is 9.59 Å². The Morgan fingerprint density at radius 3 is 2.18 bits per heavy atom. The molecule has 9 nitrogen and oxygen atoms in total. The molecule has 2 aromatic carbocycles. The van der Waals surface area contributed by atoms with E-state index in [1.54, 1.807) is 31.3 Å². The quantitative estimate of drug-likeness (QED) is 0.514. The molecule has 0 saturated carbocycles. The summed E-state index contributed by atoms with van der Waals surface area (Å²) in [6.07, 6.45) is 5.05. The second-order valence-electron chi connectivity index (χ2n) is 7.90. The molecule has 2 amide bonds. The lowest BCUT2D eigenvalue weighted by Gasteiger charge is -2.22. The fraction of sp³-hybridized carbons (Fsp3) is 0.348. The molecule has 0 radical (unpaired) electrons. The van der Waals surface area contributed by atoms with Crippen molar-refractivity contribution in [3.63, 3.8) is 0 Å². The standard InChI is InChI=1S/C23H27N7O2S/c1-29-23(26-27-28-29)33-16-21(31)24-18-8-6-17(7-9-18)22(32)25-19-10-12-20(13-11-19)30-14-4-2-3-5-15-30/h6-13H,2-5,14-16H2,1H3,(H,24,31)(H,25,32). The maximum atomic E-state index is 12.6. The van der Waals surface area contributed by atoms with Crippen LogP contribution in [0.2, 0.25) is 0 Å². The van der Waals surface area contributed by atoms with Crippen LogP contribution in [0.3, 0.4) is 0 Å². The molecule has 0 aliphatic carbocycles. The first kappa shape index (κ1) is 22.8. The molecule has 0 bridgehead atoms. The number of benzene rings is 2. The average Bonchev–Trinajstić information content (AvgIpc) is 3.06. The van der Waals surface area contributed by atoms with Gasteiger partial charge in [0.2, 0.25) is 11.1 Å². The van der Waals surface area contributed by atoms with Crippen LogP contribution in [0.25, 0.3) is 0 Å². The van der Waals surface area contributed by atoms with E-state index in [0.717, 1.165) is 18.8 Å². The van der Waals surface area contributed by atoms with Crippen molar-refractivity contribution in [2.24, 2.45) is 7.05 Å². The molecule has 0 atom stereocenters. The lowest BCUT2D eigenvalue weighted by molar-refractivity contribution is -0.113. The number of tetrazole rings is 1. The van der Waals surface area contributed by atoms with E-state index < -0.39 is 0 Å². The summed E-state index contributed by atoms with van der Waals surface area (Å²) in [5, 5.41) is 17.4. The molecule has 1 fully saturated rings. The Labute approximate surface area is 196 Å². The highest BCUT2D eigenvalue weighted by Crippen LogP contribution is 2.22. The van der Waals surface area contributed by atoms with Gasteiger partial charge in [0.15, 0.2) is 0 Å². The van der Waals surface area contributed by atoms with E-state index in [2.05, 4.69) is 43.2 Å². The molecule has 0 unspecified atom stereocenters. The summed E-state index contributed by atoms with van der Waals surface area (Å²) in [7, 11) is 1.72.